The van der Waals surface area contributed by atoms with E-state index in [2.05, 4.69) is 38.1 Å². The minimum Gasteiger partial charge on any atom is -0.494 e. The summed E-state index contributed by atoms with van der Waals surface area (Å²) in [5.41, 5.74) is 4.59. The Morgan fingerprint density at radius 1 is 1.07 bits per heavy atom. The molecule has 4 aromatic rings. The molecule has 29 heavy (non-hydrogen) atoms. The van der Waals surface area contributed by atoms with E-state index in [1.807, 2.05) is 68.4 Å². The van der Waals surface area contributed by atoms with Gasteiger partial charge >= 0.3 is 0 Å². The molecule has 146 valence electrons. The lowest BCUT2D eigenvalue weighted by Gasteiger charge is -2.08. The number of amides is 1. The average molecular weight is 498 g/mol. The maximum Gasteiger partial charge on any atom is 0.255 e. The molecule has 0 atom stereocenters. The second-order valence-electron chi connectivity index (χ2n) is 6.54. The fourth-order valence-electron chi connectivity index (χ4n) is 2.98. The molecule has 1 N–H and O–H groups in total. The number of aryl methyl sites for hydroxylation is 1. The molecule has 3 aromatic carbocycles. The first-order chi connectivity index (χ1) is 14.0. The number of fused-ring (bicyclic) bond motifs is 1. The monoisotopic (exact) mass is 498 g/mol. The lowest BCUT2D eigenvalue weighted by Crippen LogP contribution is -2.12. The number of anilines is 1. The summed E-state index contributed by atoms with van der Waals surface area (Å²) in [5, 5.41) is 12.1. The number of benzene rings is 3. The third kappa shape index (κ3) is 4.24. The first-order valence-corrected chi connectivity index (χ1v) is 10.3. The maximum absolute atomic E-state index is 12.6. The Kier molecular flexibility index (Phi) is 5.48. The Morgan fingerprint density at radius 3 is 2.48 bits per heavy atom. The molecule has 0 fully saturated rings. The van der Waals surface area contributed by atoms with Crippen molar-refractivity contribution in [3.8, 4) is 11.4 Å². The van der Waals surface area contributed by atoms with Crippen molar-refractivity contribution in [1.29, 1.82) is 0 Å². The first-order valence-electron chi connectivity index (χ1n) is 9.21. The Morgan fingerprint density at radius 2 is 1.79 bits per heavy atom. The van der Waals surface area contributed by atoms with Crippen LogP contribution in [0, 0.1) is 10.5 Å². The fraction of sp³-hybridized carbons (Fsp3) is 0.136. The van der Waals surface area contributed by atoms with Gasteiger partial charge in [0.15, 0.2) is 0 Å². The normalized spacial score (nSPS) is 10.9. The molecule has 7 heteroatoms. The number of carbonyl (C=O) groups is 1. The molecule has 0 radical (unpaired) electrons. The molecule has 0 unspecified atom stereocenters. The van der Waals surface area contributed by atoms with Gasteiger partial charge in [-0.3, -0.25) is 4.79 Å². The van der Waals surface area contributed by atoms with E-state index >= 15 is 0 Å². The van der Waals surface area contributed by atoms with Crippen molar-refractivity contribution in [1.82, 2.24) is 15.0 Å². The molecule has 0 saturated heterocycles. The van der Waals surface area contributed by atoms with Crippen LogP contribution in [0.3, 0.4) is 0 Å². The van der Waals surface area contributed by atoms with Crippen LogP contribution in [-0.2, 0) is 0 Å². The van der Waals surface area contributed by atoms with E-state index in [-0.39, 0.29) is 5.91 Å². The van der Waals surface area contributed by atoms with Crippen LogP contribution in [0.15, 0.2) is 60.7 Å². The summed E-state index contributed by atoms with van der Waals surface area (Å²) in [4.78, 5) is 14.2. The van der Waals surface area contributed by atoms with E-state index in [1.54, 1.807) is 10.9 Å². The van der Waals surface area contributed by atoms with Crippen molar-refractivity contribution < 1.29 is 9.53 Å². The maximum atomic E-state index is 12.6. The van der Waals surface area contributed by atoms with Crippen LogP contribution >= 0.6 is 22.6 Å². The van der Waals surface area contributed by atoms with Crippen LogP contribution in [0.5, 0.6) is 5.75 Å². The van der Waals surface area contributed by atoms with Gasteiger partial charge in [0, 0.05) is 14.8 Å². The van der Waals surface area contributed by atoms with Crippen LogP contribution in [0.25, 0.3) is 16.7 Å². The van der Waals surface area contributed by atoms with Crippen molar-refractivity contribution in [2.75, 3.05) is 11.9 Å². The Hall–Kier alpha value is -2.94. The van der Waals surface area contributed by atoms with Crippen LogP contribution in [0.1, 0.15) is 22.8 Å². The zero-order chi connectivity index (χ0) is 20.4. The zero-order valence-corrected chi connectivity index (χ0v) is 18.2. The molecule has 1 amide bonds. The summed E-state index contributed by atoms with van der Waals surface area (Å²) in [6, 6.07) is 18.9. The van der Waals surface area contributed by atoms with Gasteiger partial charge in [-0.1, -0.05) is 6.07 Å². The molecule has 4 rings (SSSR count). The molecule has 0 bridgehead atoms. The number of hydrogen-bond acceptors (Lipinski definition) is 4. The number of nitrogens with one attached hydrogen (secondary N) is 1. The molecule has 0 aliphatic carbocycles. The van der Waals surface area contributed by atoms with Crippen molar-refractivity contribution in [3.05, 3.63) is 75.4 Å². The van der Waals surface area contributed by atoms with Crippen LogP contribution in [0.4, 0.5) is 5.69 Å². The molecule has 0 spiro atoms. The zero-order valence-electron chi connectivity index (χ0n) is 16.0. The Bertz CT molecular complexity index is 1190. The molecular formula is C22H19IN4O2. The number of hydrogen-bond donors (Lipinski definition) is 1. The topological polar surface area (TPSA) is 69.0 Å². The quantitative estimate of drug-likeness (QED) is 0.394. The Labute approximate surface area is 182 Å². The van der Waals surface area contributed by atoms with Crippen molar-refractivity contribution in [2.45, 2.75) is 13.8 Å². The number of aromatic nitrogens is 3. The summed E-state index contributed by atoms with van der Waals surface area (Å²) in [6.07, 6.45) is 0. The predicted molar refractivity (Wildman–Crippen MR) is 122 cm³/mol. The molecule has 0 aliphatic rings. The van der Waals surface area contributed by atoms with Crippen molar-refractivity contribution in [3.63, 3.8) is 0 Å². The van der Waals surface area contributed by atoms with Crippen LogP contribution in [-0.4, -0.2) is 27.5 Å². The molecule has 0 aliphatic heterocycles. The average Bonchev–Trinajstić information content (AvgIpc) is 3.11. The number of rotatable bonds is 5. The van der Waals surface area contributed by atoms with E-state index in [1.165, 1.54) is 0 Å². The van der Waals surface area contributed by atoms with Gasteiger partial charge in [0.1, 0.15) is 16.8 Å². The highest BCUT2D eigenvalue weighted by atomic mass is 127. The van der Waals surface area contributed by atoms with Crippen LogP contribution < -0.4 is 10.1 Å². The number of halogens is 1. The van der Waals surface area contributed by atoms with Gasteiger partial charge in [-0.25, -0.2) is 0 Å². The number of nitrogens with zero attached hydrogens (tertiary/aromatic N) is 3. The summed E-state index contributed by atoms with van der Waals surface area (Å²) < 4.78 is 6.49. The largest absolute Gasteiger partial charge is 0.494 e. The summed E-state index contributed by atoms with van der Waals surface area (Å²) in [5.74, 6) is 0.661. The highest BCUT2D eigenvalue weighted by Crippen LogP contribution is 2.23. The molecule has 1 aromatic heterocycles. The third-order valence-electron chi connectivity index (χ3n) is 4.44. The lowest BCUT2D eigenvalue weighted by atomic mass is 10.1. The number of carbonyl (C=O) groups excluding carboxylic acids is 1. The SMILES string of the molecule is CCOc1ccc(-n2nc3cc(C)c(NC(=O)c4cccc(I)c4)cc3n2)cc1. The van der Waals surface area contributed by atoms with Gasteiger partial charge in [-0.05, 0) is 96.6 Å². The highest BCUT2D eigenvalue weighted by Gasteiger charge is 2.12. The minimum absolute atomic E-state index is 0.148. The fourth-order valence-corrected chi connectivity index (χ4v) is 3.53. The first kappa shape index (κ1) is 19.4. The summed E-state index contributed by atoms with van der Waals surface area (Å²) in [6.45, 7) is 4.52. The van der Waals surface area contributed by atoms with E-state index < -0.39 is 0 Å². The summed E-state index contributed by atoms with van der Waals surface area (Å²) in [7, 11) is 0. The second kappa shape index (κ2) is 8.20. The van der Waals surface area contributed by atoms with E-state index in [4.69, 9.17) is 4.74 Å². The van der Waals surface area contributed by atoms with Gasteiger partial charge in [-0.2, -0.15) is 4.80 Å². The van der Waals surface area contributed by atoms with Gasteiger partial charge in [0.2, 0.25) is 0 Å². The standard InChI is InChI=1S/C22H19IN4O2/c1-3-29-18-9-7-17(8-10-18)27-25-20-11-14(2)19(13-21(20)26-27)24-22(28)15-5-4-6-16(23)12-15/h4-13H,3H2,1-2H3,(H,24,28). The number of ether oxygens (including phenoxy) is 1. The van der Waals surface area contributed by atoms with Gasteiger partial charge in [-0.15, -0.1) is 10.2 Å². The molecule has 0 saturated carbocycles. The predicted octanol–water partition coefficient (Wildman–Crippen LogP) is 4.98. The van der Waals surface area contributed by atoms with E-state index in [0.29, 0.717) is 17.7 Å². The third-order valence-corrected chi connectivity index (χ3v) is 5.11. The van der Waals surface area contributed by atoms with Crippen LogP contribution in [0.2, 0.25) is 0 Å². The molecule has 6 nitrogen and oxygen atoms in total. The summed E-state index contributed by atoms with van der Waals surface area (Å²) >= 11 is 2.19. The minimum atomic E-state index is -0.148. The van der Waals surface area contributed by atoms with Crippen molar-refractivity contribution >= 4 is 45.2 Å². The highest BCUT2D eigenvalue weighted by molar-refractivity contribution is 14.1. The van der Waals surface area contributed by atoms with Gasteiger partial charge in [0.25, 0.3) is 5.91 Å². The van der Waals surface area contributed by atoms with E-state index in [9.17, 15) is 4.79 Å². The Balaban J connectivity index is 1.62. The second-order valence-corrected chi connectivity index (χ2v) is 7.78. The molecule has 1 heterocycles. The van der Waals surface area contributed by atoms with Gasteiger partial charge in [0.05, 0.1) is 12.3 Å². The van der Waals surface area contributed by atoms with Gasteiger partial charge < -0.3 is 10.1 Å². The lowest BCUT2D eigenvalue weighted by molar-refractivity contribution is 0.102. The molecular weight excluding hydrogens is 479 g/mol. The van der Waals surface area contributed by atoms with E-state index in [0.717, 1.165) is 31.8 Å². The van der Waals surface area contributed by atoms with Crippen molar-refractivity contribution in [2.24, 2.45) is 0 Å². The smallest absolute Gasteiger partial charge is 0.255 e.